The number of hydrogen-bond acceptors (Lipinski definition) is 4. The molecule has 0 spiro atoms. The minimum Gasteiger partial charge on any atom is -0.379 e. The van der Waals surface area contributed by atoms with Gasteiger partial charge in [-0.15, -0.1) is 0 Å². The van der Waals surface area contributed by atoms with Gasteiger partial charge in [0.15, 0.2) is 6.10 Å². The van der Waals surface area contributed by atoms with E-state index >= 15 is 0 Å². The minimum atomic E-state index is -0.563. The Balaban J connectivity index is 1.72. The van der Waals surface area contributed by atoms with Gasteiger partial charge in [-0.2, -0.15) is 0 Å². The largest absolute Gasteiger partial charge is 0.379 e. The molecule has 1 saturated carbocycles. The van der Waals surface area contributed by atoms with Crippen LogP contribution >= 0.6 is 0 Å². The second-order valence-electron chi connectivity index (χ2n) is 7.17. The maximum atomic E-state index is 12.9. The molecular formula is C20H30N2O3. The van der Waals surface area contributed by atoms with Crippen LogP contribution in [0.4, 0.5) is 0 Å². The van der Waals surface area contributed by atoms with E-state index in [1.165, 1.54) is 12.8 Å². The topological polar surface area (TPSA) is 50.8 Å². The summed E-state index contributed by atoms with van der Waals surface area (Å²) in [6.07, 6.45) is 4.16. The Labute approximate surface area is 150 Å². The molecule has 1 amide bonds. The van der Waals surface area contributed by atoms with Crippen LogP contribution in [0.3, 0.4) is 0 Å². The molecule has 1 heterocycles. The molecule has 1 aromatic carbocycles. The smallest absolute Gasteiger partial charge is 0.254 e. The maximum Gasteiger partial charge on any atom is 0.254 e. The van der Waals surface area contributed by atoms with Crippen molar-refractivity contribution in [2.75, 3.05) is 33.4 Å². The van der Waals surface area contributed by atoms with Gasteiger partial charge in [0.25, 0.3) is 5.91 Å². The van der Waals surface area contributed by atoms with E-state index in [1.807, 2.05) is 30.3 Å². The van der Waals surface area contributed by atoms with Crippen molar-refractivity contribution in [1.82, 2.24) is 10.2 Å². The first-order chi connectivity index (χ1) is 12.2. The van der Waals surface area contributed by atoms with Gasteiger partial charge < -0.3 is 14.8 Å². The molecule has 3 rings (SSSR count). The first kappa shape index (κ1) is 18.4. The molecule has 1 saturated heterocycles. The minimum absolute atomic E-state index is 0.0500. The summed E-state index contributed by atoms with van der Waals surface area (Å²) in [5.74, 6) is -0.0549. The number of rotatable bonds is 6. The van der Waals surface area contributed by atoms with Gasteiger partial charge in [0.2, 0.25) is 0 Å². The lowest BCUT2D eigenvalue weighted by Crippen LogP contribution is -2.62. The van der Waals surface area contributed by atoms with E-state index in [-0.39, 0.29) is 17.5 Å². The van der Waals surface area contributed by atoms with Crippen molar-refractivity contribution in [3.05, 3.63) is 35.9 Å². The zero-order valence-electron chi connectivity index (χ0n) is 15.4. The summed E-state index contributed by atoms with van der Waals surface area (Å²) >= 11 is 0. The molecule has 0 unspecified atom stereocenters. The Morgan fingerprint density at radius 2 is 1.84 bits per heavy atom. The van der Waals surface area contributed by atoms with Crippen molar-refractivity contribution in [2.45, 2.75) is 50.3 Å². The van der Waals surface area contributed by atoms with Crippen LogP contribution in [0.15, 0.2) is 30.3 Å². The Morgan fingerprint density at radius 1 is 1.20 bits per heavy atom. The van der Waals surface area contributed by atoms with E-state index in [0.717, 1.165) is 44.7 Å². The van der Waals surface area contributed by atoms with Crippen LogP contribution in [0.1, 0.15) is 44.3 Å². The van der Waals surface area contributed by atoms with Gasteiger partial charge in [0.05, 0.1) is 13.2 Å². The number of hydrogen-bond donors (Lipinski definition) is 1. The Hall–Kier alpha value is -1.43. The predicted octanol–water partition coefficient (Wildman–Crippen LogP) is 2.52. The van der Waals surface area contributed by atoms with Gasteiger partial charge >= 0.3 is 0 Å². The fraction of sp³-hybridized carbons (Fsp3) is 0.650. The number of amides is 1. The van der Waals surface area contributed by atoms with Crippen molar-refractivity contribution in [3.8, 4) is 0 Å². The summed E-state index contributed by atoms with van der Waals surface area (Å²) < 4.78 is 11.0. The molecule has 0 aromatic heterocycles. The Bertz CT molecular complexity index is 551. The molecule has 1 aliphatic heterocycles. The molecule has 5 nitrogen and oxygen atoms in total. The fourth-order valence-corrected chi connectivity index (χ4v) is 4.46. The van der Waals surface area contributed by atoms with Gasteiger partial charge in [-0.1, -0.05) is 43.2 Å². The van der Waals surface area contributed by atoms with Gasteiger partial charge in [0, 0.05) is 31.8 Å². The SMILES string of the molecule is CO[C@H](C(=O)N[C@H](C)C1(N2CCOCC2)CCCC1)c1ccccc1. The van der Waals surface area contributed by atoms with E-state index in [4.69, 9.17) is 9.47 Å². The predicted molar refractivity (Wildman–Crippen MR) is 97.4 cm³/mol. The molecule has 25 heavy (non-hydrogen) atoms. The normalized spacial score (nSPS) is 23.1. The number of morpholine rings is 1. The second kappa shape index (κ2) is 8.30. The standard InChI is InChI=1S/C20H30N2O3/c1-16(20(10-6-7-11-20)22-12-14-25-15-13-22)21-19(23)18(24-2)17-8-4-3-5-9-17/h3-5,8-9,16,18H,6-7,10-15H2,1-2H3,(H,21,23)/t16-,18+/m1/s1. The quantitative estimate of drug-likeness (QED) is 0.860. The summed E-state index contributed by atoms with van der Waals surface area (Å²) in [5.41, 5.74) is 0.940. The molecule has 5 heteroatoms. The number of benzene rings is 1. The molecule has 0 bridgehead atoms. The molecule has 2 atom stereocenters. The van der Waals surface area contributed by atoms with E-state index in [9.17, 15) is 4.79 Å². The highest BCUT2D eigenvalue weighted by atomic mass is 16.5. The number of nitrogens with zero attached hydrogens (tertiary/aromatic N) is 1. The summed E-state index contributed by atoms with van der Waals surface area (Å²) in [7, 11) is 1.59. The molecule has 1 N–H and O–H groups in total. The molecule has 2 aliphatic rings. The number of carbonyl (C=O) groups is 1. The average Bonchev–Trinajstić information content (AvgIpc) is 3.15. The van der Waals surface area contributed by atoms with Crippen molar-refractivity contribution in [3.63, 3.8) is 0 Å². The molecular weight excluding hydrogens is 316 g/mol. The highest BCUT2D eigenvalue weighted by Crippen LogP contribution is 2.38. The van der Waals surface area contributed by atoms with E-state index in [2.05, 4.69) is 17.1 Å². The van der Waals surface area contributed by atoms with Crippen molar-refractivity contribution < 1.29 is 14.3 Å². The van der Waals surface area contributed by atoms with Gasteiger partial charge in [-0.05, 0) is 25.3 Å². The van der Waals surface area contributed by atoms with Crippen LogP contribution in [0.5, 0.6) is 0 Å². The highest BCUT2D eigenvalue weighted by molar-refractivity contribution is 5.82. The lowest BCUT2D eigenvalue weighted by atomic mass is 9.86. The monoisotopic (exact) mass is 346 g/mol. The van der Waals surface area contributed by atoms with Crippen molar-refractivity contribution in [2.24, 2.45) is 0 Å². The molecule has 138 valence electrons. The van der Waals surface area contributed by atoms with Crippen molar-refractivity contribution >= 4 is 5.91 Å². The van der Waals surface area contributed by atoms with Crippen molar-refractivity contribution in [1.29, 1.82) is 0 Å². The summed E-state index contributed by atoms with van der Waals surface area (Å²) in [6, 6.07) is 9.77. The number of ether oxygens (including phenoxy) is 2. The zero-order chi connectivity index (χ0) is 17.7. The van der Waals surface area contributed by atoms with Crippen LogP contribution in [0, 0.1) is 0 Å². The van der Waals surface area contributed by atoms with E-state index in [1.54, 1.807) is 7.11 Å². The Kier molecular flexibility index (Phi) is 6.10. The second-order valence-corrected chi connectivity index (χ2v) is 7.17. The molecule has 0 radical (unpaired) electrons. The summed E-state index contributed by atoms with van der Waals surface area (Å²) in [6.45, 7) is 5.62. The Morgan fingerprint density at radius 3 is 2.44 bits per heavy atom. The molecule has 1 aliphatic carbocycles. The fourth-order valence-electron chi connectivity index (χ4n) is 4.46. The van der Waals surface area contributed by atoms with Crippen LogP contribution in [0.25, 0.3) is 0 Å². The van der Waals surface area contributed by atoms with Gasteiger partial charge in [-0.3, -0.25) is 9.69 Å². The number of nitrogens with one attached hydrogen (secondary N) is 1. The third-order valence-corrected chi connectivity index (χ3v) is 5.85. The average molecular weight is 346 g/mol. The molecule has 2 fully saturated rings. The third-order valence-electron chi connectivity index (χ3n) is 5.85. The van der Waals surface area contributed by atoms with E-state index in [0.29, 0.717) is 0 Å². The summed E-state index contributed by atoms with van der Waals surface area (Å²) in [4.78, 5) is 15.4. The number of carbonyl (C=O) groups excluding carboxylic acids is 1. The maximum absolute atomic E-state index is 12.9. The zero-order valence-corrected chi connectivity index (χ0v) is 15.4. The molecule has 1 aromatic rings. The van der Waals surface area contributed by atoms with Crippen LogP contribution in [-0.2, 0) is 14.3 Å². The lowest BCUT2D eigenvalue weighted by Gasteiger charge is -2.47. The van der Waals surface area contributed by atoms with Gasteiger partial charge in [0.1, 0.15) is 0 Å². The first-order valence-electron chi connectivity index (χ1n) is 9.38. The van der Waals surface area contributed by atoms with E-state index < -0.39 is 6.10 Å². The first-order valence-corrected chi connectivity index (χ1v) is 9.38. The third kappa shape index (κ3) is 3.89. The highest BCUT2D eigenvalue weighted by Gasteiger charge is 2.45. The van der Waals surface area contributed by atoms with Crippen LogP contribution < -0.4 is 5.32 Å². The van der Waals surface area contributed by atoms with Gasteiger partial charge in [-0.25, -0.2) is 0 Å². The van der Waals surface area contributed by atoms with Crippen LogP contribution in [-0.4, -0.2) is 55.8 Å². The number of methoxy groups -OCH3 is 1. The summed E-state index contributed by atoms with van der Waals surface area (Å²) in [5, 5.41) is 3.26. The van der Waals surface area contributed by atoms with Crippen LogP contribution in [0.2, 0.25) is 0 Å². The lowest BCUT2D eigenvalue weighted by molar-refractivity contribution is -0.133.